The summed E-state index contributed by atoms with van der Waals surface area (Å²) in [6, 6.07) is 6.73. The first-order valence-corrected chi connectivity index (χ1v) is 8.23. The third-order valence-electron chi connectivity index (χ3n) is 3.55. The second kappa shape index (κ2) is 7.34. The van der Waals surface area contributed by atoms with Gasteiger partial charge < -0.3 is 15.0 Å². The number of ether oxygens (including phenoxy) is 1. The van der Waals surface area contributed by atoms with Gasteiger partial charge in [-0.3, -0.25) is 4.79 Å². The molecule has 0 unspecified atom stereocenters. The highest BCUT2D eigenvalue weighted by atomic mass is 35.5. The Morgan fingerprint density at radius 2 is 1.96 bits per heavy atom. The number of nitrogens with one attached hydrogen (secondary N) is 1. The molecular formula is C16H16Cl2N4O2. The predicted octanol–water partition coefficient (Wildman–Crippen LogP) is 3.31. The third-order valence-corrected chi connectivity index (χ3v) is 4.11. The number of benzene rings is 1. The molecule has 1 aromatic heterocycles. The van der Waals surface area contributed by atoms with Crippen molar-refractivity contribution < 1.29 is 9.53 Å². The number of halogens is 2. The lowest BCUT2D eigenvalue weighted by atomic mass is 10.3. The Morgan fingerprint density at radius 3 is 2.71 bits per heavy atom. The van der Waals surface area contributed by atoms with Crippen molar-refractivity contribution in [1.82, 2.24) is 14.9 Å². The van der Waals surface area contributed by atoms with E-state index in [4.69, 9.17) is 27.9 Å². The van der Waals surface area contributed by atoms with Gasteiger partial charge in [-0.25, -0.2) is 9.97 Å². The van der Waals surface area contributed by atoms with Crippen LogP contribution in [0.5, 0.6) is 0 Å². The summed E-state index contributed by atoms with van der Waals surface area (Å²) in [5.41, 5.74) is 1.60. The molecule has 1 N–H and O–H groups in total. The normalized spacial score (nSPS) is 14.5. The maximum absolute atomic E-state index is 12.6. The number of hydrogen-bond acceptors (Lipinski definition) is 5. The number of morpholine rings is 1. The van der Waals surface area contributed by atoms with Crippen LogP contribution in [0.15, 0.2) is 24.3 Å². The van der Waals surface area contributed by atoms with Crippen molar-refractivity contribution in [2.45, 2.75) is 6.92 Å². The predicted molar refractivity (Wildman–Crippen MR) is 93.2 cm³/mol. The first kappa shape index (κ1) is 17.0. The van der Waals surface area contributed by atoms with Crippen molar-refractivity contribution in [1.29, 1.82) is 0 Å². The number of amides is 1. The quantitative estimate of drug-likeness (QED) is 0.902. The van der Waals surface area contributed by atoms with Crippen molar-refractivity contribution in [2.75, 3.05) is 31.6 Å². The van der Waals surface area contributed by atoms with Gasteiger partial charge in [0.25, 0.3) is 5.91 Å². The van der Waals surface area contributed by atoms with Crippen molar-refractivity contribution >= 4 is 40.7 Å². The summed E-state index contributed by atoms with van der Waals surface area (Å²) in [7, 11) is 0. The van der Waals surface area contributed by atoms with Gasteiger partial charge in [-0.15, -0.1) is 0 Å². The van der Waals surface area contributed by atoms with Gasteiger partial charge in [0.1, 0.15) is 5.69 Å². The molecule has 24 heavy (non-hydrogen) atoms. The summed E-state index contributed by atoms with van der Waals surface area (Å²) in [4.78, 5) is 22.9. The van der Waals surface area contributed by atoms with E-state index < -0.39 is 0 Å². The molecule has 0 bridgehead atoms. The van der Waals surface area contributed by atoms with Crippen LogP contribution >= 0.6 is 23.2 Å². The molecule has 1 fully saturated rings. The number of carbonyl (C=O) groups excluding carboxylic acids is 1. The second-order valence-corrected chi connectivity index (χ2v) is 6.22. The van der Waals surface area contributed by atoms with Gasteiger partial charge in [-0.2, -0.15) is 0 Å². The van der Waals surface area contributed by atoms with Crippen LogP contribution in [0, 0.1) is 6.92 Å². The highest BCUT2D eigenvalue weighted by molar-refractivity contribution is 6.35. The number of hydrogen-bond donors (Lipinski definition) is 1. The SMILES string of the molecule is Cc1cc(C(=O)N2CCOCC2)nc(Nc2cc(Cl)ccc2Cl)n1. The fraction of sp³-hybridized carbons (Fsp3) is 0.312. The molecule has 8 heteroatoms. The lowest BCUT2D eigenvalue weighted by Crippen LogP contribution is -2.41. The summed E-state index contributed by atoms with van der Waals surface area (Å²) in [6.07, 6.45) is 0. The lowest BCUT2D eigenvalue weighted by molar-refractivity contribution is 0.0299. The average Bonchev–Trinajstić information content (AvgIpc) is 2.58. The van der Waals surface area contributed by atoms with Gasteiger partial charge in [0.2, 0.25) is 5.95 Å². The molecule has 3 rings (SSSR count). The summed E-state index contributed by atoms with van der Waals surface area (Å²) < 4.78 is 5.27. The zero-order valence-electron chi connectivity index (χ0n) is 13.1. The molecule has 1 aliphatic rings. The third kappa shape index (κ3) is 3.95. The average molecular weight is 367 g/mol. The maximum Gasteiger partial charge on any atom is 0.272 e. The van der Waals surface area contributed by atoms with Crippen molar-refractivity contribution in [3.05, 3.63) is 45.7 Å². The van der Waals surface area contributed by atoms with Crippen LogP contribution in [-0.4, -0.2) is 47.1 Å². The van der Waals surface area contributed by atoms with E-state index in [-0.39, 0.29) is 5.91 Å². The van der Waals surface area contributed by atoms with Crippen LogP contribution in [0.1, 0.15) is 16.2 Å². The molecule has 0 saturated carbocycles. The molecule has 2 aromatic rings. The lowest BCUT2D eigenvalue weighted by Gasteiger charge is -2.26. The van der Waals surface area contributed by atoms with Crippen molar-refractivity contribution in [3.63, 3.8) is 0 Å². The molecule has 0 spiro atoms. The number of carbonyl (C=O) groups is 1. The summed E-state index contributed by atoms with van der Waals surface area (Å²) in [6.45, 7) is 4.01. The first-order chi connectivity index (χ1) is 11.5. The Bertz CT molecular complexity index is 764. The second-order valence-electron chi connectivity index (χ2n) is 5.37. The van der Waals surface area contributed by atoms with Crippen LogP contribution in [-0.2, 0) is 4.74 Å². The first-order valence-electron chi connectivity index (χ1n) is 7.48. The fourth-order valence-corrected chi connectivity index (χ4v) is 2.71. The van der Waals surface area contributed by atoms with Crippen molar-refractivity contribution in [2.24, 2.45) is 0 Å². The molecule has 1 aliphatic heterocycles. The van der Waals surface area contributed by atoms with Gasteiger partial charge in [0, 0.05) is 23.8 Å². The molecule has 0 aliphatic carbocycles. The summed E-state index contributed by atoms with van der Waals surface area (Å²) in [5, 5.41) is 4.05. The van der Waals surface area contributed by atoms with E-state index in [9.17, 15) is 4.79 Å². The summed E-state index contributed by atoms with van der Waals surface area (Å²) >= 11 is 12.1. The number of anilines is 2. The van der Waals surface area contributed by atoms with Gasteiger partial charge >= 0.3 is 0 Å². The molecule has 126 valence electrons. The molecule has 0 atom stereocenters. The number of nitrogens with zero attached hydrogens (tertiary/aromatic N) is 3. The molecule has 0 radical (unpaired) electrons. The maximum atomic E-state index is 12.6. The Balaban J connectivity index is 1.85. The van der Waals surface area contributed by atoms with Gasteiger partial charge in [0.15, 0.2) is 0 Å². The molecule has 1 saturated heterocycles. The van der Waals surface area contributed by atoms with Crippen LogP contribution in [0.3, 0.4) is 0 Å². The van der Waals surface area contributed by atoms with E-state index in [1.165, 1.54) is 0 Å². The minimum Gasteiger partial charge on any atom is -0.378 e. The minimum atomic E-state index is -0.135. The molecule has 1 aromatic carbocycles. The smallest absolute Gasteiger partial charge is 0.272 e. The molecule has 2 heterocycles. The van der Waals surface area contributed by atoms with Gasteiger partial charge in [-0.05, 0) is 31.2 Å². The molecular weight excluding hydrogens is 351 g/mol. The largest absolute Gasteiger partial charge is 0.378 e. The van der Waals surface area contributed by atoms with Crippen LogP contribution in [0.4, 0.5) is 11.6 Å². The zero-order valence-corrected chi connectivity index (χ0v) is 14.6. The minimum absolute atomic E-state index is 0.135. The Hall–Kier alpha value is -1.89. The van der Waals surface area contributed by atoms with E-state index in [2.05, 4.69) is 15.3 Å². The Morgan fingerprint density at radius 1 is 1.21 bits per heavy atom. The van der Waals surface area contributed by atoms with E-state index in [0.29, 0.717) is 59.4 Å². The topological polar surface area (TPSA) is 67.4 Å². The monoisotopic (exact) mass is 366 g/mol. The van der Waals surface area contributed by atoms with Gasteiger partial charge in [0.05, 0.1) is 23.9 Å². The molecule has 1 amide bonds. The highest BCUT2D eigenvalue weighted by Crippen LogP contribution is 2.27. The number of aryl methyl sites for hydroxylation is 1. The van der Waals surface area contributed by atoms with Gasteiger partial charge in [-0.1, -0.05) is 23.2 Å². The van der Waals surface area contributed by atoms with Crippen LogP contribution in [0.25, 0.3) is 0 Å². The molecule has 6 nitrogen and oxygen atoms in total. The standard InChI is InChI=1S/C16H16Cl2N4O2/c1-10-8-14(15(23)22-4-6-24-7-5-22)21-16(19-10)20-13-9-11(17)2-3-12(13)18/h2-3,8-9H,4-7H2,1H3,(H,19,20,21). The van der Waals surface area contributed by atoms with E-state index in [1.807, 2.05) is 6.92 Å². The Kier molecular flexibility index (Phi) is 5.18. The van der Waals surface area contributed by atoms with Crippen molar-refractivity contribution in [3.8, 4) is 0 Å². The number of rotatable bonds is 3. The zero-order chi connectivity index (χ0) is 17.1. The van der Waals surface area contributed by atoms with E-state index in [1.54, 1.807) is 29.2 Å². The highest BCUT2D eigenvalue weighted by Gasteiger charge is 2.20. The number of aromatic nitrogens is 2. The summed E-state index contributed by atoms with van der Waals surface area (Å²) in [5.74, 6) is 0.166. The fourth-order valence-electron chi connectivity index (χ4n) is 2.38. The van der Waals surface area contributed by atoms with E-state index >= 15 is 0 Å². The van der Waals surface area contributed by atoms with Crippen LogP contribution in [0.2, 0.25) is 10.0 Å². The Labute approximate surface area is 149 Å². The van der Waals surface area contributed by atoms with Crippen LogP contribution < -0.4 is 5.32 Å². The van der Waals surface area contributed by atoms with E-state index in [0.717, 1.165) is 0 Å².